The van der Waals surface area contributed by atoms with E-state index in [0.717, 1.165) is 30.2 Å². The van der Waals surface area contributed by atoms with Crippen LogP contribution in [0.1, 0.15) is 13.3 Å². The van der Waals surface area contributed by atoms with Gasteiger partial charge < -0.3 is 9.84 Å². The Morgan fingerprint density at radius 2 is 2.06 bits per heavy atom. The largest absolute Gasteiger partial charge is 0.494 e. The molecule has 1 heterocycles. The van der Waals surface area contributed by atoms with E-state index in [-0.39, 0.29) is 6.61 Å². The Hall–Kier alpha value is -1.88. The summed E-state index contributed by atoms with van der Waals surface area (Å²) < 4.78 is 7.20. The lowest BCUT2D eigenvalue weighted by Crippen LogP contribution is -2.05. The van der Waals surface area contributed by atoms with E-state index in [4.69, 9.17) is 9.84 Å². The minimum Gasteiger partial charge on any atom is -0.494 e. The Morgan fingerprint density at radius 1 is 1.28 bits per heavy atom. The van der Waals surface area contributed by atoms with Gasteiger partial charge in [-0.3, -0.25) is 0 Å². The van der Waals surface area contributed by atoms with Gasteiger partial charge in [0.15, 0.2) is 5.82 Å². The molecule has 5 heteroatoms. The molecule has 0 aliphatic rings. The van der Waals surface area contributed by atoms with Gasteiger partial charge in [-0.15, -0.1) is 0 Å². The average Bonchev–Trinajstić information content (AvgIpc) is 2.86. The Balaban J connectivity index is 2.15. The molecule has 0 radical (unpaired) electrons. The topological polar surface area (TPSA) is 60.2 Å². The number of hydrogen-bond donors (Lipinski definition) is 1. The number of hydrogen-bond acceptors (Lipinski definition) is 4. The van der Waals surface area contributed by atoms with Crippen molar-refractivity contribution in [2.24, 2.45) is 0 Å². The molecule has 0 saturated heterocycles. The normalized spacial score (nSPS) is 10.6. The fourth-order valence-electron chi connectivity index (χ4n) is 1.67. The van der Waals surface area contributed by atoms with Crippen molar-refractivity contribution in [1.29, 1.82) is 0 Å². The molecule has 0 unspecified atom stereocenters. The summed E-state index contributed by atoms with van der Waals surface area (Å²) in [6.45, 7) is 3.29. The number of aliphatic hydroxyl groups excluding tert-OH is 1. The van der Waals surface area contributed by atoms with Gasteiger partial charge in [0.25, 0.3) is 0 Å². The Morgan fingerprint density at radius 3 is 2.72 bits per heavy atom. The molecular weight excluding hydrogens is 230 g/mol. The zero-order chi connectivity index (χ0) is 12.8. The molecule has 0 aliphatic heterocycles. The number of nitrogens with zero attached hydrogens (tertiary/aromatic N) is 3. The van der Waals surface area contributed by atoms with Crippen molar-refractivity contribution < 1.29 is 9.84 Å². The van der Waals surface area contributed by atoms with Crippen molar-refractivity contribution in [2.45, 2.75) is 19.9 Å². The highest BCUT2D eigenvalue weighted by Crippen LogP contribution is 2.20. The molecule has 0 atom stereocenters. The predicted molar refractivity (Wildman–Crippen MR) is 68.3 cm³/mol. The van der Waals surface area contributed by atoms with Gasteiger partial charge in [-0.25, -0.2) is 9.67 Å². The second-order valence-corrected chi connectivity index (χ2v) is 3.90. The van der Waals surface area contributed by atoms with Crippen LogP contribution in [0.3, 0.4) is 0 Å². The smallest absolute Gasteiger partial charge is 0.158 e. The molecule has 0 bridgehead atoms. The van der Waals surface area contributed by atoms with Crippen LogP contribution in [-0.2, 0) is 6.54 Å². The maximum atomic E-state index is 8.94. The molecular formula is C13H17N3O2. The molecule has 5 nitrogen and oxygen atoms in total. The van der Waals surface area contributed by atoms with Crippen LogP contribution in [0.2, 0.25) is 0 Å². The SMILES string of the molecule is CCCOc1ccc(-c2ncnn2CCO)cc1. The monoisotopic (exact) mass is 247 g/mol. The number of ether oxygens (including phenoxy) is 1. The standard InChI is InChI=1S/C13H17N3O2/c1-2-9-18-12-5-3-11(4-6-12)13-14-10-15-16(13)7-8-17/h3-6,10,17H,2,7-9H2,1H3. The van der Waals surface area contributed by atoms with E-state index < -0.39 is 0 Å². The van der Waals surface area contributed by atoms with Crippen LogP contribution >= 0.6 is 0 Å². The summed E-state index contributed by atoms with van der Waals surface area (Å²) in [6, 6.07) is 7.73. The molecule has 1 aromatic carbocycles. The second-order valence-electron chi connectivity index (χ2n) is 3.90. The van der Waals surface area contributed by atoms with E-state index >= 15 is 0 Å². The first-order chi connectivity index (χ1) is 8.85. The number of aliphatic hydroxyl groups is 1. The number of benzene rings is 1. The summed E-state index contributed by atoms with van der Waals surface area (Å²) in [5, 5.41) is 13.0. The maximum Gasteiger partial charge on any atom is 0.158 e. The van der Waals surface area contributed by atoms with Crippen LogP contribution in [0.15, 0.2) is 30.6 Å². The maximum absolute atomic E-state index is 8.94. The second kappa shape index (κ2) is 6.16. The van der Waals surface area contributed by atoms with Crippen LogP contribution in [-0.4, -0.2) is 33.1 Å². The summed E-state index contributed by atoms with van der Waals surface area (Å²) in [6.07, 6.45) is 2.49. The Bertz CT molecular complexity index is 479. The Labute approximate surface area is 106 Å². The molecule has 1 N–H and O–H groups in total. The molecule has 0 amide bonds. The highest BCUT2D eigenvalue weighted by Gasteiger charge is 2.06. The summed E-state index contributed by atoms with van der Waals surface area (Å²) in [4.78, 5) is 4.20. The van der Waals surface area contributed by atoms with Gasteiger partial charge in [0.05, 0.1) is 19.8 Å². The van der Waals surface area contributed by atoms with Crippen molar-refractivity contribution in [3.05, 3.63) is 30.6 Å². The van der Waals surface area contributed by atoms with Crippen LogP contribution < -0.4 is 4.74 Å². The molecule has 1 aromatic heterocycles. The van der Waals surface area contributed by atoms with E-state index in [2.05, 4.69) is 17.0 Å². The molecule has 0 spiro atoms. The fraction of sp³-hybridized carbons (Fsp3) is 0.385. The molecule has 0 fully saturated rings. The molecule has 0 saturated carbocycles. The molecule has 2 rings (SSSR count). The van der Waals surface area contributed by atoms with Gasteiger partial charge in [0.2, 0.25) is 0 Å². The van der Waals surface area contributed by atoms with Crippen LogP contribution in [0.25, 0.3) is 11.4 Å². The van der Waals surface area contributed by atoms with E-state index in [0.29, 0.717) is 6.54 Å². The van der Waals surface area contributed by atoms with Crippen molar-refractivity contribution >= 4 is 0 Å². The Kier molecular flexibility index (Phi) is 4.30. The summed E-state index contributed by atoms with van der Waals surface area (Å²) in [5.74, 6) is 1.61. The summed E-state index contributed by atoms with van der Waals surface area (Å²) in [7, 11) is 0. The van der Waals surface area contributed by atoms with Gasteiger partial charge in [0.1, 0.15) is 12.1 Å². The first kappa shape index (κ1) is 12.6. The summed E-state index contributed by atoms with van der Waals surface area (Å²) in [5.41, 5.74) is 0.963. The predicted octanol–water partition coefficient (Wildman–Crippen LogP) is 1.73. The van der Waals surface area contributed by atoms with Crippen molar-refractivity contribution in [3.63, 3.8) is 0 Å². The van der Waals surface area contributed by atoms with E-state index in [1.54, 1.807) is 4.68 Å². The average molecular weight is 247 g/mol. The minimum absolute atomic E-state index is 0.0497. The van der Waals surface area contributed by atoms with E-state index in [1.165, 1.54) is 6.33 Å². The van der Waals surface area contributed by atoms with Gasteiger partial charge >= 0.3 is 0 Å². The third kappa shape index (κ3) is 2.87. The molecule has 18 heavy (non-hydrogen) atoms. The highest BCUT2D eigenvalue weighted by molar-refractivity contribution is 5.56. The van der Waals surface area contributed by atoms with Crippen LogP contribution in [0, 0.1) is 0 Å². The first-order valence-electron chi connectivity index (χ1n) is 6.07. The van der Waals surface area contributed by atoms with Gasteiger partial charge in [-0.05, 0) is 30.7 Å². The summed E-state index contributed by atoms with van der Waals surface area (Å²) >= 11 is 0. The lowest BCUT2D eigenvalue weighted by Gasteiger charge is -2.06. The van der Waals surface area contributed by atoms with Gasteiger partial charge in [-0.1, -0.05) is 6.92 Å². The highest BCUT2D eigenvalue weighted by atomic mass is 16.5. The third-order valence-electron chi connectivity index (χ3n) is 2.51. The third-order valence-corrected chi connectivity index (χ3v) is 2.51. The van der Waals surface area contributed by atoms with Crippen molar-refractivity contribution in [3.8, 4) is 17.1 Å². The molecule has 96 valence electrons. The van der Waals surface area contributed by atoms with Crippen molar-refractivity contribution in [2.75, 3.05) is 13.2 Å². The first-order valence-corrected chi connectivity index (χ1v) is 6.07. The quantitative estimate of drug-likeness (QED) is 0.844. The zero-order valence-corrected chi connectivity index (χ0v) is 10.4. The number of aromatic nitrogens is 3. The van der Waals surface area contributed by atoms with E-state index in [1.807, 2.05) is 24.3 Å². The zero-order valence-electron chi connectivity index (χ0n) is 10.4. The minimum atomic E-state index is 0.0497. The van der Waals surface area contributed by atoms with Gasteiger partial charge in [0, 0.05) is 5.56 Å². The lowest BCUT2D eigenvalue weighted by molar-refractivity contribution is 0.270. The molecule has 0 aliphatic carbocycles. The van der Waals surface area contributed by atoms with Crippen LogP contribution in [0.5, 0.6) is 5.75 Å². The lowest BCUT2D eigenvalue weighted by atomic mass is 10.2. The molecule has 2 aromatic rings. The fourth-order valence-corrected chi connectivity index (χ4v) is 1.67. The van der Waals surface area contributed by atoms with Gasteiger partial charge in [-0.2, -0.15) is 5.10 Å². The van der Waals surface area contributed by atoms with Crippen LogP contribution in [0.4, 0.5) is 0 Å². The van der Waals surface area contributed by atoms with E-state index in [9.17, 15) is 0 Å². The van der Waals surface area contributed by atoms with Crippen molar-refractivity contribution in [1.82, 2.24) is 14.8 Å². The number of rotatable bonds is 6.